The molecule has 0 aromatic carbocycles. The summed E-state index contributed by atoms with van der Waals surface area (Å²) < 4.78 is 18.5. The van der Waals surface area contributed by atoms with E-state index in [-0.39, 0.29) is 103 Å². The van der Waals surface area contributed by atoms with Crippen LogP contribution < -0.4 is 31.9 Å². The van der Waals surface area contributed by atoms with Crippen LogP contribution in [0.1, 0.15) is 217 Å². The SMILES string of the molecule is CCC(C)(C)C(C)CC(C)(C)CCC(=O)NCC(C)(C)COCC(C)(C)CNC(=O)[C@H](CCC(=O)NCC(C)(C)COCC(C)(C)CNC(=O)C(C)(C)CCC(C)(C)C)NC(=O)C(C)(C)COCC(C)(C)CNC(=O)CCN1C(=O)C=CC1=O. The van der Waals surface area contributed by atoms with Gasteiger partial charge in [-0.2, -0.15) is 0 Å². The van der Waals surface area contributed by atoms with Crippen molar-refractivity contribution in [1.82, 2.24) is 36.8 Å². The van der Waals surface area contributed by atoms with Crippen LogP contribution in [0.4, 0.5) is 0 Å². The molecular weight excluding hydrogens is 1070 g/mol. The van der Waals surface area contributed by atoms with E-state index in [0.29, 0.717) is 58.4 Å². The van der Waals surface area contributed by atoms with Crippen LogP contribution in [0.25, 0.3) is 0 Å². The Morgan fingerprint density at radius 3 is 1.29 bits per heavy atom. The van der Waals surface area contributed by atoms with Gasteiger partial charge >= 0.3 is 0 Å². The predicted octanol–water partition coefficient (Wildman–Crippen LogP) is 9.48. The van der Waals surface area contributed by atoms with Crippen LogP contribution >= 0.6 is 0 Å². The van der Waals surface area contributed by atoms with Gasteiger partial charge in [0, 0.05) is 103 Å². The van der Waals surface area contributed by atoms with Crippen molar-refractivity contribution < 1.29 is 52.6 Å². The number of imide groups is 1. The molecule has 18 nitrogen and oxygen atoms in total. The first kappa shape index (κ1) is 77.6. The summed E-state index contributed by atoms with van der Waals surface area (Å²) in [6, 6.07) is -1.07. The van der Waals surface area contributed by atoms with Crippen LogP contribution in [0, 0.1) is 60.1 Å². The largest absolute Gasteiger partial charge is 0.380 e. The summed E-state index contributed by atoms with van der Waals surface area (Å²) >= 11 is 0. The molecule has 0 aliphatic carbocycles. The average Bonchev–Trinajstić information content (AvgIpc) is 3.87. The fourth-order valence-electron chi connectivity index (χ4n) is 8.97. The van der Waals surface area contributed by atoms with Gasteiger partial charge in [0.15, 0.2) is 0 Å². The van der Waals surface area contributed by atoms with Gasteiger partial charge in [-0.25, -0.2) is 0 Å². The summed E-state index contributed by atoms with van der Waals surface area (Å²) in [6.07, 6.45) is 7.41. The maximum Gasteiger partial charge on any atom is 0.253 e. The molecular formula is C66H121N7O11. The van der Waals surface area contributed by atoms with Crippen LogP contribution in [-0.4, -0.2) is 137 Å². The molecule has 0 aromatic heterocycles. The first-order valence-corrected chi connectivity index (χ1v) is 31.0. The number of hydrogen-bond donors (Lipinski definition) is 6. The number of nitrogens with zero attached hydrogens (tertiary/aromatic N) is 1. The molecule has 6 N–H and O–H groups in total. The van der Waals surface area contributed by atoms with E-state index in [1.165, 1.54) is 12.2 Å². The van der Waals surface area contributed by atoms with Gasteiger partial charge in [0.2, 0.25) is 35.4 Å². The first-order valence-electron chi connectivity index (χ1n) is 31.0. The molecule has 0 radical (unpaired) electrons. The van der Waals surface area contributed by atoms with E-state index in [1.807, 2.05) is 83.1 Å². The van der Waals surface area contributed by atoms with E-state index in [4.69, 9.17) is 14.2 Å². The molecule has 0 spiro atoms. The molecule has 0 saturated carbocycles. The van der Waals surface area contributed by atoms with Crippen molar-refractivity contribution in [2.45, 2.75) is 223 Å². The van der Waals surface area contributed by atoms with Crippen LogP contribution in [0.2, 0.25) is 0 Å². The molecule has 1 unspecified atom stereocenters. The number of rotatable bonds is 41. The lowest BCUT2D eigenvalue weighted by molar-refractivity contribution is -0.137. The Bertz CT molecular complexity index is 2180. The second-order valence-electron chi connectivity index (χ2n) is 32.4. The summed E-state index contributed by atoms with van der Waals surface area (Å²) in [6.45, 7) is 50.6. The second kappa shape index (κ2) is 32.5. The maximum atomic E-state index is 14.1. The fourth-order valence-corrected chi connectivity index (χ4v) is 8.97. The number of hydrogen-bond acceptors (Lipinski definition) is 11. The lowest BCUT2D eigenvalue weighted by atomic mass is 9.69. The van der Waals surface area contributed by atoms with Gasteiger partial charge in [-0.3, -0.25) is 43.3 Å². The third-order valence-electron chi connectivity index (χ3n) is 16.3. The molecule has 1 aliphatic heterocycles. The Labute approximate surface area is 508 Å². The molecule has 0 fully saturated rings. The number of carbonyl (C=O) groups is 8. The maximum absolute atomic E-state index is 14.1. The zero-order valence-electron chi connectivity index (χ0n) is 57.1. The highest BCUT2D eigenvalue weighted by Gasteiger charge is 2.36. The average molecular weight is 1190 g/mol. The van der Waals surface area contributed by atoms with Crippen LogP contribution in [-0.2, 0) is 52.6 Å². The minimum atomic E-state index is -1.11. The Kier molecular flexibility index (Phi) is 30.0. The Balaban J connectivity index is 2.97. The quantitative estimate of drug-likeness (QED) is 0.0315. The smallest absolute Gasteiger partial charge is 0.253 e. The highest BCUT2D eigenvalue weighted by Crippen LogP contribution is 2.40. The van der Waals surface area contributed by atoms with E-state index in [1.54, 1.807) is 13.8 Å². The third kappa shape index (κ3) is 31.8. The second-order valence-corrected chi connectivity index (χ2v) is 32.4. The van der Waals surface area contributed by atoms with Crippen molar-refractivity contribution >= 4 is 47.3 Å². The Hall–Kier alpha value is -4.42. The molecule has 0 bridgehead atoms. The zero-order chi connectivity index (χ0) is 65.0. The molecule has 1 rings (SSSR count). The standard InChI is InChI=1S/C66H121N7O11/c1-24-64(18,19)47(2)35-58(6,7)31-29-50(75)68-37-60(10,11)42-82-43-62(14,15)39-70-54(79)48(72-56(81)66(22,23)46-84-45-61(12,13)38-69-51(76)30-34-73-52(77)27-28-53(73)78)25-26-49(74)67-36-59(8,9)41-83-44-63(16,17)40-71-55(80)65(20,21)33-32-57(3,4)5/h27-28,47-48H,24-26,29-46H2,1-23H3,(H,67,74)(H,68,75)(H,69,76)(H,70,79)(H,71,80)(H,72,81)/t47?,48-/m0/s1. The Morgan fingerprint density at radius 2 is 0.857 bits per heavy atom. The molecule has 18 heteroatoms. The number of ether oxygens (including phenoxy) is 3. The summed E-state index contributed by atoms with van der Waals surface area (Å²) in [5.41, 5.74) is -3.41. The van der Waals surface area contributed by atoms with Gasteiger partial charge in [-0.1, -0.05) is 152 Å². The lowest BCUT2D eigenvalue weighted by Crippen LogP contribution is -2.53. The van der Waals surface area contributed by atoms with E-state index in [0.717, 1.165) is 37.0 Å². The van der Waals surface area contributed by atoms with Gasteiger partial charge in [-0.15, -0.1) is 0 Å². The van der Waals surface area contributed by atoms with Crippen LogP contribution in [0.15, 0.2) is 12.2 Å². The van der Waals surface area contributed by atoms with Crippen LogP contribution in [0.5, 0.6) is 0 Å². The summed E-state index contributed by atoms with van der Waals surface area (Å²) in [5, 5.41) is 18.0. The van der Waals surface area contributed by atoms with Gasteiger partial charge in [0.25, 0.3) is 11.8 Å². The van der Waals surface area contributed by atoms with Crippen molar-refractivity contribution in [1.29, 1.82) is 0 Å². The normalized spacial score (nSPS) is 15.0. The fraction of sp³-hybridized carbons (Fsp3) is 0.848. The van der Waals surface area contributed by atoms with Crippen molar-refractivity contribution in [3.63, 3.8) is 0 Å². The zero-order valence-corrected chi connectivity index (χ0v) is 57.1. The number of carbonyl (C=O) groups excluding carboxylic acids is 8. The molecule has 8 amide bonds. The topological polar surface area (TPSA) is 240 Å². The summed E-state index contributed by atoms with van der Waals surface area (Å²) in [5.74, 6) is -1.84. The van der Waals surface area contributed by atoms with Gasteiger partial charge in [0.1, 0.15) is 6.04 Å². The summed E-state index contributed by atoms with van der Waals surface area (Å²) in [7, 11) is 0. The third-order valence-corrected chi connectivity index (χ3v) is 16.3. The summed E-state index contributed by atoms with van der Waals surface area (Å²) in [4.78, 5) is 105. The predicted molar refractivity (Wildman–Crippen MR) is 335 cm³/mol. The van der Waals surface area contributed by atoms with Gasteiger partial charge in [-0.05, 0) is 68.1 Å². The Morgan fingerprint density at radius 1 is 0.464 bits per heavy atom. The van der Waals surface area contributed by atoms with E-state index in [2.05, 4.69) is 94.2 Å². The lowest BCUT2D eigenvalue weighted by Gasteiger charge is -2.37. The molecule has 2 atom stereocenters. The minimum absolute atomic E-state index is 0.0119. The molecule has 0 saturated heterocycles. The molecule has 1 heterocycles. The monoisotopic (exact) mass is 1190 g/mol. The molecule has 486 valence electrons. The van der Waals surface area contributed by atoms with Crippen molar-refractivity contribution in [3.05, 3.63) is 12.2 Å². The van der Waals surface area contributed by atoms with Crippen LogP contribution in [0.3, 0.4) is 0 Å². The van der Waals surface area contributed by atoms with Crippen molar-refractivity contribution in [2.24, 2.45) is 60.1 Å². The molecule has 0 aromatic rings. The highest BCUT2D eigenvalue weighted by atomic mass is 16.5. The van der Waals surface area contributed by atoms with Crippen molar-refractivity contribution in [2.75, 3.05) is 78.9 Å². The minimum Gasteiger partial charge on any atom is -0.380 e. The van der Waals surface area contributed by atoms with E-state index >= 15 is 0 Å². The molecule has 84 heavy (non-hydrogen) atoms. The van der Waals surface area contributed by atoms with E-state index in [9.17, 15) is 38.4 Å². The van der Waals surface area contributed by atoms with Gasteiger partial charge in [0.05, 0.1) is 45.1 Å². The van der Waals surface area contributed by atoms with E-state index < -0.39 is 56.7 Å². The highest BCUT2D eigenvalue weighted by molar-refractivity contribution is 6.13. The van der Waals surface area contributed by atoms with Crippen molar-refractivity contribution in [3.8, 4) is 0 Å². The number of nitrogens with one attached hydrogen (secondary N) is 6. The number of amides is 8. The molecule has 1 aliphatic rings. The van der Waals surface area contributed by atoms with Gasteiger partial charge < -0.3 is 46.1 Å². The first-order chi connectivity index (χ1) is 38.0.